The zero-order valence-electron chi connectivity index (χ0n) is 19.5. The highest BCUT2D eigenvalue weighted by atomic mass is 32.2. The number of sulfonamides is 1. The van der Waals surface area contributed by atoms with Crippen molar-refractivity contribution in [2.24, 2.45) is 0 Å². The van der Waals surface area contributed by atoms with Gasteiger partial charge in [0.25, 0.3) is 0 Å². The molecular weight excluding hydrogens is 448 g/mol. The average molecular weight is 481 g/mol. The number of hydrogen-bond acceptors (Lipinski definition) is 5. The minimum atomic E-state index is -3.45. The van der Waals surface area contributed by atoms with Crippen LogP contribution in [0.2, 0.25) is 0 Å². The number of piperidine rings is 1. The maximum absolute atomic E-state index is 12.9. The molecular formula is C26H32N4O3S. The molecule has 180 valence electrons. The van der Waals surface area contributed by atoms with Crippen molar-refractivity contribution in [3.63, 3.8) is 0 Å². The summed E-state index contributed by atoms with van der Waals surface area (Å²) < 4.78 is 27.2. The van der Waals surface area contributed by atoms with E-state index < -0.39 is 10.0 Å². The minimum absolute atomic E-state index is 0.0758. The number of rotatable bonds is 6. The fourth-order valence-corrected chi connectivity index (χ4v) is 6.16. The largest absolute Gasteiger partial charge is 0.341 e. The molecule has 0 N–H and O–H groups in total. The van der Waals surface area contributed by atoms with Gasteiger partial charge in [0, 0.05) is 45.8 Å². The van der Waals surface area contributed by atoms with E-state index in [2.05, 4.69) is 11.0 Å². The number of benzene rings is 2. The monoisotopic (exact) mass is 480 g/mol. The molecule has 2 aromatic carbocycles. The standard InChI is InChI=1S/C26H32N4O3S/c27-20-23-5-7-24(8-6-23)21-28-13-4-14-29(18-17-28)26(31)19-22-9-11-25(12-10-22)34(32,33)30-15-2-1-3-16-30/h5-12H,1-4,13-19,21H2. The molecule has 2 saturated heterocycles. The Hall–Kier alpha value is -2.73. The minimum Gasteiger partial charge on any atom is -0.341 e. The molecule has 4 rings (SSSR count). The molecule has 0 unspecified atom stereocenters. The van der Waals surface area contributed by atoms with Crippen LogP contribution in [0.25, 0.3) is 0 Å². The summed E-state index contributed by atoms with van der Waals surface area (Å²) in [7, 11) is -3.45. The first-order valence-corrected chi connectivity index (χ1v) is 13.5. The zero-order valence-corrected chi connectivity index (χ0v) is 20.3. The van der Waals surface area contributed by atoms with Crippen molar-refractivity contribution in [2.75, 3.05) is 39.3 Å². The third-order valence-electron chi connectivity index (χ3n) is 6.66. The van der Waals surface area contributed by atoms with Crippen molar-refractivity contribution in [3.8, 4) is 6.07 Å². The third kappa shape index (κ3) is 6.03. The molecule has 0 bridgehead atoms. The molecule has 0 spiro atoms. The summed E-state index contributed by atoms with van der Waals surface area (Å²) in [6.07, 6.45) is 4.09. The van der Waals surface area contributed by atoms with Crippen LogP contribution in [0.1, 0.15) is 42.4 Å². The lowest BCUT2D eigenvalue weighted by atomic mass is 10.1. The highest BCUT2D eigenvalue weighted by Gasteiger charge is 2.26. The Balaban J connectivity index is 1.30. The molecule has 2 aliphatic rings. The zero-order chi connectivity index (χ0) is 24.0. The van der Waals surface area contributed by atoms with Crippen LogP contribution in [-0.4, -0.2) is 67.7 Å². The van der Waals surface area contributed by atoms with Crippen molar-refractivity contribution in [2.45, 2.75) is 43.5 Å². The summed E-state index contributed by atoms with van der Waals surface area (Å²) in [4.78, 5) is 17.5. The first kappa shape index (κ1) is 24.4. The van der Waals surface area contributed by atoms with E-state index in [-0.39, 0.29) is 12.3 Å². The van der Waals surface area contributed by atoms with Gasteiger partial charge < -0.3 is 4.90 Å². The van der Waals surface area contributed by atoms with Crippen molar-refractivity contribution in [3.05, 3.63) is 65.2 Å². The van der Waals surface area contributed by atoms with Gasteiger partial charge in [-0.3, -0.25) is 9.69 Å². The Morgan fingerprint density at radius 1 is 0.794 bits per heavy atom. The number of hydrogen-bond donors (Lipinski definition) is 0. The molecule has 2 aliphatic heterocycles. The van der Waals surface area contributed by atoms with Crippen molar-refractivity contribution >= 4 is 15.9 Å². The molecule has 0 aromatic heterocycles. The summed E-state index contributed by atoms with van der Waals surface area (Å²) >= 11 is 0. The van der Waals surface area contributed by atoms with E-state index >= 15 is 0 Å². The molecule has 8 heteroatoms. The van der Waals surface area contributed by atoms with Crippen LogP contribution in [0.15, 0.2) is 53.4 Å². The van der Waals surface area contributed by atoms with Gasteiger partial charge in [-0.1, -0.05) is 30.7 Å². The summed E-state index contributed by atoms with van der Waals surface area (Å²) in [5.41, 5.74) is 2.66. The SMILES string of the molecule is N#Cc1ccc(CN2CCCN(C(=O)Cc3ccc(S(=O)(=O)N4CCCCC4)cc3)CC2)cc1. The van der Waals surface area contributed by atoms with E-state index in [1.807, 2.05) is 29.2 Å². The Bertz CT molecular complexity index is 1120. The van der Waals surface area contributed by atoms with Crippen molar-refractivity contribution in [1.82, 2.24) is 14.1 Å². The number of nitriles is 1. The van der Waals surface area contributed by atoms with Gasteiger partial charge in [-0.15, -0.1) is 0 Å². The molecule has 1 amide bonds. The summed E-state index contributed by atoms with van der Waals surface area (Å²) in [5, 5.41) is 8.95. The van der Waals surface area contributed by atoms with Gasteiger partial charge in [-0.05, 0) is 54.7 Å². The second-order valence-corrected chi connectivity index (χ2v) is 11.0. The molecule has 34 heavy (non-hydrogen) atoms. The van der Waals surface area contributed by atoms with Crippen LogP contribution < -0.4 is 0 Å². The van der Waals surface area contributed by atoms with Crippen molar-refractivity contribution < 1.29 is 13.2 Å². The Morgan fingerprint density at radius 2 is 1.47 bits per heavy atom. The summed E-state index contributed by atoms with van der Waals surface area (Å²) in [6, 6.07) is 16.6. The number of carbonyl (C=O) groups excluding carboxylic acids is 1. The fourth-order valence-electron chi connectivity index (χ4n) is 4.64. The molecule has 0 atom stereocenters. The third-order valence-corrected chi connectivity index (χ3v) is 8.57. The van der Waals surface area contributed by atoms with Gasteiger partial charge in [0.05, 0.1) is 22.9 Å². The molecule has 2 heterocycles. The van der Waals surface area contributed by atoms with Crippen LogP contribution in [0, 0.1) is 11.3 Å². The van der Waals surface area contributed by atoms with Gasteiger partial charge in [-0.25, -0.2) is 8.42 Å². The number of nitrogens with zero attached hydrogens (tertiary/aromatic N) is 4. The second-order valence-electron chi connectivity index (χ2n) is 9.10. The molecule has 0 radical (unpaired) electrons. The van der Waals surface area contributed by atoms with Gasteiger partial charge in [-0.2, -0.15) is 9.57 Å². The van der Waals surface area contributed by atoms with E-state index in [0.29, 0.717) is 30.1 Å². The summed E-state index contributed by atoms with van der Waals surface area (Å²) in [6.45, 7) is 5.10. The van der Waals surface area contributed by atoms with Gasteiger partial charge >= 0.3 is 0 Å². The van der Waals surface area contributed by atoms with Crippen LogP contribution in [0.3, 0.4) is 0 Å². The van der Waals surface area contributed by atoms with E-state index in [1.165, 1.54) is 5.56 Å². The maximum atomic E-state index is 12.9. The predicted molar refractivity (Wildman–Crippen MR) is 130 cm³/mol. The molecule has 2 fully saturated rings. The van der Waals surface area contributed by atoms with Gasteiger partial charge in [0.1, 0.15) is 0 Å². The van der Waals surface area contributed by atoms with Crippen LogP contribution in [-0.2, 0) is 27.8 Å². The van der Waals surface area contributed by atoms with E-state index in [4.69, 9.17) is 5.26 Å². The maximum Gasteiger partial charge on any atom is 0.243 e. The number of carbonyl (C=O) groups is 1. The van der Waals surface area contributed by atoms with Crippen LogP contribution >= 0.6 is 0 Å². The molecule has 2 aromatic rings. The Labute approximate surface area is 202 Å². The Morgan fingerprint density at radius 3 is 2.15 bits per heavy atom. The topological polar surface area (TPSA) is 84.7 Å². The van der Waals surface area contributed by atoms with Gasteiger partial charge in [0.2, 0.25) is 15.9 Å². The average Bonchev–Trinajstić information content (AvgIpc) is 3.11. The first-order valence-electron chi connectivity index (χ1n) is 12.0. The highest BCUT2D eigenvalue weighted by Crippen LogP contribution is 2.21. The Kier molecular flexibility index (Phi) is 7.99. The quantitative estimate of drug-likeness (QED) is 0.635. The van der Waals surface area contributed by atoms with Crippen molar-refractivity contribution in [1.29, 1.82) is 5.26 Å². The highest BCUT2D eigenvalue weighted by molar-refractivity contribution is 7.89. The van der Waals surface area contributed by atoms with E-state index in [0.717, 1.165) is 57.4 Å². The van der Waals surface area contributed by atoms with Crippen LogP contribution in [0.4, 0.5) is 0 Å². The molecule has 7 nitrogen and oxygen atoms in total. The van der Waals surface area contributed by atoms with E-state index in [1.54, 1.807) is 28.6 Å². The smallest absolute Gasteiger partial charge is 0.243 e. The first-order chi connectivity index (χ1) is 16.5. The number of amides is 1. The fraction of sp³-hybridized carbons (Fsp3) is 0.462. The van der Waals surface area contributed by atoms with Gasteiger partial charge in [0.15, 0.2) is 0 Å². The lowest BCUT2D eigenvalue weighted by Gasteiger charge is -2.26. The second kappa shape index (κ2) is 11.1. The predicted octanol–water partition coefficient (Wildman–Crippen LogP) is 3.01. The van der Waals surface area contributed by atoms with E-state index in [9.17, 15) is 13.2 Å². The lowest BCUT2D eigenvalue weighted by Crippen LogP contribution is -2.36. The summed E-state index contributed by atoms with van der Waals surface area (Å²) in [5.74, 6) is 0.0758. The normalized spacial score (nSPS) is 18.3. The molecule has 0 saturated carbocycles. The molecule has 0 aliphatic carbocycles. The van der Waals surface area contributed by atoms with Crippen LogP contribution in [0.5, 0.6) is 0 Å². The lowest BCUT2D eigenvalue weighted by molar-refractivity contribution is -0.130.